The maximum Gasteiger partial charge on any atom is 0.267 e. The molecule has 0 spiro atoms. The lowest BCUT2D eigenvalue weighted by molar-refractivity contribution is -0.125. The lowest BCUT2D eigenvalue weighted by atomic mass is 10.2. The lowest BCUT2D eigenvalue weighted by Gasteiger charge is -2.30. The van der Waals surface area contributed by atoms with Crippen LogP contribution in [-0.4, -0.2) is 25.5 Å². The predicted molar refractivity (Wildman–Crippen MR) is 59.6 cm³/mol. The van der Waals surface area contributed by atoms with E-state index in [0.717, 1.165) is 0 Å². The Morgan fingerprint density at radius 3 is 2.94 bits per heavy atom. The number of likely N-dealkylation sites (N-methyl/N-ethyl adjacent to an activating group) is 1. The fraction of sp³-hybridized carbons (Fsp3) is 0.273. The second-order valence-corrected chi connectivity index (χ2v) is 3.60. The van der Waals surface area contributed by atoms with Crippen molar-refractivity contribution in [1.82, 2.24) is 0 Å². The van der Waals surface area contributed by atoms with Gasteiger partial charge in [0.2, 0.25) is 6.41 Å². The first-order valence-electron chi connectivity index (χ1n) is 4.92. The summed E-state index contributed by atoms with van der Waals surface area (Å²) in [5, 5.41) is 2.53. The van der Waals surface area contributed by atoms with Crippen molar-refractivity contribution in [3.8, 4) is 5.75 Å². The van der Waals surface area contributed by atoms with E-state index in [1.807, 2.05) is 0 Å². The number of hydrogen-bond acceptors (Lipinski definition) is 3. The number of nitrogens with zero attached hydrogens (tertiary/aromatic N) is 1. The van der Waals surface area contributed by atoms with Gasteiger partial charge in [-0.1, -0.05) is 0 Å². The predicted octanol–water partition coefficient (Wildman–Crippen LogP) is 0.999. The minimum Gasteiger partial charge on any atom is -0.479 e. The van der Waals surface area contributed by atoms with Crippen molar-refractivity contribution in [2.45, 2.75) is 13.0 Å². The molecular formula is C11H12N2O3. The van der Waals surface area contributed by atoms with Crippen LogP contribution in [0.2, 0.25) is 0 Å². The molecule has 0 aliphatic carbocycles. The van der Waals surface area contributed by atoms with Crippen molar-refractivity contribution < 1.29 is 14.3 Å². The summed E-state index contributed by atoms with van der Waals surface area (Å²) >= 11 is 0. The van der Waals surface area contributed by atoms with E-state index in [1.54, 1.807) is 37.1 Å². The highest BCUT2D eigenvalue weighted by molar-refractivity contribution is 5.99. The molecule has 16 heavy (non-hydrogen) atoms. The fourth-order valence-corrected chi connectivity index (χ4v) is 1.68. The first-order valence-corrected chi connectivity index (χ1v) is 4.92. The monoisotopic (exact) mass is 220 g/mol. The number of anilines is 2. The molecule has 5 nitrogen and oxygen atoms in total. The molecule has 1 heterocycles. The number of ether oxygens (including phenoxy) is 1. The molecule has 1 N–H and O–H groups in total. The van der Waals surface area contributed by atoms with E-state index in [0.29, 0.717) is 23.5 Å². The van der Waals surface area contributed by atoms with Crippen LogP contribution in [-0.2, 0) is 9.59 Å². The first kappa shape index (κ1) is 10.5. The van der Waals surface area contributed by atoms with Gasteiger partial charge in [0.1, 0.15) is 5.75 Å². The Bertz CT molecular complexity index is 445. The Labute approximate surface area is 93.0 Å². The number of fused-ring (bicyclic) bond motifs is 1. The third-order valence-corrected chi connectivity index (χ3v) is 2.53. The van der Waals surface area contributed by atoms with Gasteiger partial charge in [0.05, 0.1) is 5.69 Å². The summed E-state index contributed by atoms with van der Waals surface area (Å²) < 4.78 is 5.45. The highest BCUT2D eigenvalue weighted by Gasteiger charge is 2.28. The number of benzene rings is 1. The Morgan fingerprint density at radius 2 is 2.25 bits per heavy atom. The maximum absolute atomic E-state index is 11.6. The standard InChI is InChI=1S/C11H12N2O3/c1-7-11(15)13(2)9-4-3-8(12-6-14)5-10(9)16-7/h3-7H,1-2H3,(H,12,14). The Balaban J connectivity index is 2.40. The van der Waals surface area contributed by atoms with Gasteiger partial charge in [0.25, 0.3) is 5.91 Å². The number of hydrogen-bond donors (Lipinski definition) is 1. The Morgan fingerprint density at radius 1 is 1.50 bits per heavy atom. The average Bonchev–Trinajstić information content (AvgIpc) is 2.26. The first-order chi connectivity index (χ1) is 7.63. The highest BCUT2D eigenvalue weighted by atomic mass is 16.5. The molecule has 2 amide bonds. The summed E-state index contributed by atoms with van der Waals surface area (Å²) in [7, 11) is 1.70. The number of rotatable bonds is 2. The van der Waals surface area contributed by atoms with Crippen LogP contribution in [0, 0.1) is 0 Å². The van der Waals surface area contributed by atoms with Crippen LogP contribution in [0.5, 0.6) is 5.75 Å². The summed E-state index contributed by atoms with van der Waals surface area (Å²) in [6.45, 7) is 1.70. The molecule has 0 saturated carbocycles. The molecule has 1 aromatic carbocycles. The van der Waals surface area contributed by atoms with Gasteiger partial charge in [-0.05, 0) is 19.1 Å². The van der Waals surface area contributed by atoms with E-state index in [-0.39, 0.29) is 5.91 Å². The minimum absolute atomic E-state index is 0.0800. The summed E-state index contributed by atoms with van der Waals surface area (Å²) in [5.41, 5.74) is 1.35. The van der Waals surface area contributed by atoms with Gasteiger partial charge >= 0.3 is 0 Å². The van der Waals surface area contributed by atoms with Gasteiger partial charge in [-0.3, -0.25) is 9.59 Å². The zero-order valence-electron chi connectivity index (χ0n) is 9.06. The SMILES string of the molecule is CC1Oc2cc(NC=O)ccc2N(C)C1=O. The van der Waals surface area contributed by atoms with Crippen molar-refractivity contribution in [2.75, 3.05) is 17.3 Å². The second kappa shape index (κ2) is 3.84. The Kier molecular flexibility index (Phi) is 2.52. The van der Waals surface area contributed by atoms with E-state index in [9.17, 15) is 9.59 Å². The number of carbonyl (C=O) groups excluding carboxylic acids is 2. The lowest BCUT2D eigenvalue weighted by Crippen LogP contribution is -2.41. The van der Waals surface area contributed by atoms with E-state index in [1.165, 1.54) is 0 Å². The molecule has 1 atom stereocenters. The van der Waals surface area contributed by atoms with E-state index < -0.39 is 6.10 Å². The van der Waals surface area contributed by atoms with Crippen LogP contribution in [0.1, 0.15) is 6.92 Å². The van der Waals surface area contributed by atoms with Gasteiger partial charge in [0.15, 0.2) is 6.10 Å². The molecule has 0 radical (unpaired) electrons. The molecule has 1 aliphatic rings. The summed E-state index contributed by atoms with van der Waals surface area (Å²) in [5.74, 6) is 0.519. The summed E-state index contributed by atoms with van der Waals surface area (Å²) in [4.78, 5) is 23.5. The van der Waals surface area contributed by atoms with Crippen molar-refractivity contribution in [3.05, 3.63) is 18.2 Å². The van der Waals surface area contributed by atoms with Gasteiger partial charge in [-0.25, -0.2) is 0 Å². The molecular weight excluding hydrogens is 208 g/mol. The largest absolute Gasteiger partial charge is 0.479 e. The molecule has 5 heteroatoms. The molecule has 0 fully saturated rings. The number of amides is 2. The van der Waals surface area contributed by atoms with Crippen LogP contribution in [0.4, 0.5) is 11.4 Å². The van der Waals surface area contributed by atoms with Gasteiger partial charge < -0.3 is 15.0 Å². The van der Waals surface area contributed by atoms with Gasteiger partial charge in [-0.2, -0.15) is 0 Å². The van der Waals surface area contributed by atoms with E-state index in [4.69, 9.17) is 4.74 Å². The quantitative estimate of drug-likeness (QED) is 0.756. The zero-order valence-corrected chi connectivity index (χ0v) is 9.06. The molecule has 2 rings (SSSR count). The smallest absolute Gasteiger partial charge is 0.267 e. The molecule has 1 aliphatic heterocycles. The number of carbonyl (C=O) groups is 2. The van der Waals surface area contributed by atoms with Crippen LogP contribution >= 0.6 is 0 Å². The van der Waals surface area contributed by atoms with E-state index >= 15 is 0 Å². The highest BCUT2D eigenvalue weighted by Crippen LogP contribution is 2.35. The third kappa shape index (κ3) is 1.60. The van der Waals surface area contributed by atoms with Crippen molar-refractivity contribution in [2.24, 2.45) is 0 Å². The topological polar surface area (TPSA) is 58.6 Å². The summed E-state index contributed by atoms with van der Waals surface area (Å²) in [6.07, 6.45) is 0.104. The van der Waals surface area contributed by atoms with Gasteiger partial charge in [-0.15, -0.1) is 0 Å². The van der Waals surface area contributed by atoms with Gasteiger partial charge in [0, 0.05) is 18.8 Å². The van der Waals surface area contributed by atoms with E-state index in [2.05, 4.69) is 5.32 Å². The third-order valence-electron chi connectivity index (χ3n) is 2.53. The molecule has 84 valence electrons. The van der Waals surface area contributed by atoms with Crippen LogP contribution in [0.3, 0.4) is 0 Å². The molecule has 0 saturated heterocycles. The Hall–Kier alpha value is -2.04. The molecule has 1 unspecified atom stereocenters. The van der Waals surface area contributed by atoms with Crippen LogP contribution < -0.4 is 15.0 Å². The van der Waals surface area contributed by atoms with Crippen LogP contribution in [0.25, 0.3) is 0 Å². The van der Waals surface area contributed by atoms with Crippen molar-refractivity contribution in [1.29, 1.82) is 0 Å². The number of nitrogens with one attached hydrogen (secondary N) is 1. The van der Waals surface area contributed by atoms with Crippen LogP contribution in [0.15, 0.2) is 18.2 Å². The normalized spacial score (nSPS) is 18.8. The fourth-order valence-electron chi connectivity index (χ4n) is 1.68. The average molecular weight is 220 g/mol. The molecule has 1 aromatic rings. The van der Waals surface area contributed by atoms with Crippen molar-refractivity contribution >= 4 is 23.7 Å². The second-order valence-electron chi connectivity index (χ2n) is 3.60. The molecule has 0 aromatic heterocycles. The van der Waals surface area contributed by atoms with Crippen molar-refractivity contribution in [3.63, 3.8) is 0 Å². The molecule has 0 bridgehead atoms. The summed E-state index contributed by atoms with van der Waals surface area (Å²) in [6, 6.07) is 5.16. The maximum atomic E-state index is 11.6. The minimum atomic E-state index is -0.496. The zero-order chi connectivity index (χ0) is 11.7.